The quantitative estimate of drug-likeness (QED) is 0.204. The fourth-order valence-electron chi connectivity index (χ4n) is 3.11. The van der Waals surface area contributed by atoms with Crippen LogP contribution in [0, 0.1) is 11.3 Å². The van der Waals surface area contributed by atoms with Crippen molar-refractivity contribution in [2.75, 3.05) is 12.3 Å². The molecule has 3 rings (SSSR count). The Labute approximate surface area is 184 Å². The van der Waals surface area contributed by atoms with Gasteiger partial charge in [0.15, 0.2) is 0 Å². The van der Waals surface area contributed by atoms with Crippen molar-refractivity contribution in [3.05, 3.63) is 30.1 Å². The molecule has 1 fully saturated rings. The maximum atomic E-state index is 11.9. The van der Waals surface area contributed by atoms with E-state index in [4.69, 9.17) is 25.2 Å². The third-order valence-corrected chi connectivity index (χ3v) is 8.21. The SMILES string of the molecule is N#CC1(c2ccc3c(N)ccnn23)O[C@H](COP(=O)(O)OP(=O)(O)OP(=O)(O)O)[C@@H](O)[C@H]1O. The first kappa shape index (κ1) is 25.9. The largest absolute Gasteiger partial charge is 0.490 e. The van der Waals surface area contributed by atoms with Gasteiger partial charge in [0.05, 0.1) is 23.5 Å². The van der Waals surface area contributed by atoms with Gasteiger partial charge in [0.25, 0.3) is 0 Å². The monoisotopic (exact) mass is 530 g/mol. The first-order valence-electron chi connectivity index (χ1n) is 8.57. The fourth-order valence-corrected chi connectivity index (χ4v) is 6.14. The summed E-state index contributed by atoms with van der Waals surface area (Å²) in [5.74, 6) is 0. The van der Waals surface area contributed by atoms with Gasteiger partial charge in [-0.3, -0.25) is 4.52 Å². The predicted molar refractivity (Wildman–Crippen MR) is 104 cm³/mol. The van der Waals surface area contributed by atoms with Gasteiger partial charge in [-0.25, -0.2) is 18.2 Å². The van der Waals surface area contributed by atoms with Crippen molar-refractivity contribution in [2.45, 2.75) is 23.9 Å². The van der Waals surface area contributed by atoms with Crippen molar-refractivity contribution in [3.63, 3.8) is 0 Å². The predicted octanol–water partition coefficient (Wildman–Crippen LogP) is -0.901. The summed E-state index contributed by atoms with van der Waals surface area (Å²) in [5, 5.41) is 34.7. The highest BCUT2D eigenvalue weighted by atomic mass is 31.3. The van der Waals surface area contributed by atoms with Crippen LogP contribution in [0.4, 0.5) is 5.69 Å². The summed E-state index contributed by atoms with van der Waals surface area (Å²) in [6, 6.07) is 6.02. The van der Waals surface area contributed by atoms with E-state index < -0.39 is 54.0 Å². The van der Waals surface area contributed by atoms with Crippen molar-refractivity contribution < 1.29 is 61.4 Å². The van der Waals surface area contributed by atoms with Gasteiger partial charge >= 0.3 is 23.5 Å². The molecule has 2 aromatic heterocycles. The van der Waals surface area contributed by atoms with Gasteiger partial charge in [-0.1, -0.05) is 0 Å². The van der Waals surface area contributed by atoms with E-state index in [1.807, 2.05) is 0 Å². The Balaban J connectivity index is 1.80. The number of hydrogen-bond donors (Lipinski definition) is 7. The van der Waals surface area contributed by atoms with Crippen molar-refractivity contribution in [2.24, 2.45) is 0 Å². The molecule has 1 aliphatic heterocycles. The van der Waals surface area contributed by atoms with E-state index in [0.29, 0.717) is 5.52 Å². The molecule has 0 radical (unpaired) electrons. The van der Waals surface area contributed by atoms with Gasteiger partial charge in [0.1, 0.15) is 24.4 Å². The Morgan fingerprint density at radius 1 is 1.15 bits per heavy atom. The first-order valence-corrected chi connectivity index (χ1v) is 13.1. The topological polar surface area (TPSA) is 277 Å². The molecule has 0 aliphatic carbocycles. The zero-order valence-corrected chi connectivity index (χ0v) is 18.7. The van der Waals surface area contributed by atoms with E-state index in [-0.39, 0.29) is 11.4 Å². The molecule has 0 saturated carbocycles. The van der Waals surface area contributed by atoms with Gasteiger partial charge in [-0.15, -0.1) is 0 Å². The number of nitrogens with zero attached hydrogens (tertiary/aromatic N) is 3. The molecule has 0 spiro atoms. The van der Waals surface area contributed by atoms with Gasteiger partial charge in [0, 0.05) is 6.20 Å². The van der Waals surface area contributed by atoms with E-state index >= 15 is 0 Å². The normalized spacial score (nSPS) is 29.4. The standard InChI is InChI=1S/C13H17N4O13P3/c14-6-13(10-2-1-8-7(15)3-4-16-17(8)10)12(19)11(18)9(28-13)5-27-32(23,24)30-33(25,26)29-31(20,21)22/h1-4,9,11-12,18-19H,5,15H2,(H,23,24)(H,25,26)(H2,20,21,22)/t9-,11-,12-,13?/m1/s1. The maximum Gasteiger partial charge on any atom is 0.490 e. The van der Waals surface area contributed by atoms with Gasteiger partial charge in [0.2, 0.25) is 5.60 Å². The van der Waals surface area contributed by atoms with E-state index in [1.54, 1.807) is 6.07 Å². The highest BCUT2D eigenvalue weighted by molar-refractivity contribution is 7.66. The molecule has 0 bridgehead atoms. The van der Waals surface area contributed by atoms with Crippen LogP contribution in [0.2, 0.25) is 0 Å². The number of phosphoric ester groups is 1. The lowest BCUT2D eigenvalue weighted by Crippen LogP contribution is -2.41. The number of nitrogens with two attached hydrogens (primary N) is 1. The minimum Gasteiger partial charge on any atom is -0.397 e. The molecule has 0 amide bonds. The highest BCUT2D eigenvalue weighted by Gasteiger charge is 2.58. The summed E-state index contributed by atoms with van der Waals surface area (Å²) in [4.78, 5) is 35.8. The van der Waals surface area contributed by atoms with Crippen molar-refractivity contribution in [1.29, 1.82) is 5.26 Å². The lowest BCUT2D eigenvalue weighted by Gasteiger charge is -2.24. The zero-order chi connectivity index (χ0) is 24.8. The lowest BCUT2D eigenvalue weighted by molar-refractivity contribution is -0.0634. The summed E-state index contributed by atoms with van der Waals surface area (Å²) in [6.45, 7) is -1.08. The van der Waals surface area contributed by atoms with Crippen LogP contribution in [0.1, 0.15) is 5.69 Å². The Bertz CT molecular complexity index is 1240. The molecule has 182 valence electrons. The minimum absolute atomic E-state index is 0.0420. The molecule has 33 heavy (non-hydrogen) atoms. The number of phosphoric acid groups is 3. The van der Waals surface area contributed by atoms with Crippen LogP contribution >= 0.6 is 23.5 Å². The lowest BCUT2D eigenvalue weighted by atomic mass is 9.92. The molecule has 3 unspecified atom stereocenters. The summed E-state index contributed by atoms with van der Waals surface area (Å²) in [5.41, 5.74) is 4.18. The molecule has 20 heteroatoms. The highest BCUT2D eigenvalue weighted by Crippen LogP contribution is 2.66. The van der Waals surface area contributed by atoms with E-state index in [9.17, 15) is 34.1 Å². The summed E-state index contributed by atoms with van der Waals surface area (Å²) in [6.07, 6.45) is -4.14. The fraction of sp³-hybridized carbons (Fsp3) is 0.385. The number of nitrogen functional groups attached to an aromatic ring is 1. The Morgan fingerprint density at radius 3 is 2.42 bits per heavy atom. The Kier molecular flexibility index (Phi) is 6.91. The molecule has 8 N–H and O–H groups in total. The van der Waals surface area contributed by atoms with E-state index in [1.165, 1.54) is 28.9 Å². The van der Waals surface area contributed by atoms with Gasteiger partial charge < -0.3 is 40.3 Å². The number of aromatic nitrogens is 2. The second kappa shape index (κ2) is 8.81. The van der Waals surface area contributed by atoms with E-state index in [2.05, 4.69) is 18.2 Å². The summed E-state index contributed by atoms with van der Waals surface area (Å²) < 4.78 is 52.1. The minimum atomic E-state index is -5.76. The van der Waals surface area contributed by atoms with Crippen LogP contribution in [0.15, 0.2) is 24.4 Å². The number of fused-ring (bicyclic) bond motifs is 1. The number of ether oxygens (including phenoxy) is 1. The van der Waals surface area contributed by atoms with Crippen LogP contribution < -0.4 is 5.73 Å². The average Bonchev–Trinajstić information content (AvgIpc) is 3.20. The maximum absolute atomic E-state index is 11.9. The summed E-state index contributed by atoms with van der Waals surface area (Å²) in [7, 11) is -16.9. The Morgan fingerprint density at radius 2 is 1.82 bits per heavy atom. The molecule has 2 aromatic rings. The molecular weight excluding hydrogens is 513 g/mol. The molecule has 0 aromatic carbocycles. The number of aliphatic hydroxyl groups excluding tert-OH is 2. The first-order chi connectivity index (χ1) is 15.1. The Hall–Kier alpha value is -1.73. The number of anilines is 1. The molecule has 17 nitrogen and oxygen atoms in total. The third kappa shape index (κ3) is 5.35. The van der Waals surface area contributed by atoms with Crippen LogP contribution in [-0.2, 0) is 37.2 Å². The van der Waals surface area contributed by atoms with Gasteiger partial charge in [-0.05, 0) is 18.2 Å². The molecule has 1 saturated heterocycles. The third-order valence-electron chi connectivity index (χ3n) is 4.41. The van der Waals surface area contributed by atoms with Crippen LogP contribution in [0.3, 0.4) is 0 Å². The summed E-state index contributed by atoms with van der Waals surface area (Å²) >= 11 is 0. The number of rotatable bonds is 8. The number of aliphatic hydroxyl groups is 2. The van der Waals surface area contributed by atoms with Crippen molar-refractivity contribution >= 4 is 34.7 Å². The smallest absolute Gasteiger partial charge is 0.397 e. The van der Waals surface area contributed by atoms with Crippen LogP contribution in [0.5, 0.6) is 0 Å². The average molecular weight is 530 g/mol. The van der Waals surface area contributed by atoms with Crippen molar-refractivity contribution in [3.8, 4) is 6.07 Å². The molecule has 1 aliphatic rings. The van der Waals surface area contributed by atoms with E-state index in [0.717, 1.165) is 0 Å². The van der Waals surface area contributed by atoms with Gasteiger partial charge in [-0.2, -0.15) is 19.0 Å². The number of nitriles is 1. The van der Waals surface area contributed by atoms with Crippen LogP contribution in [0.25, 0.3) is 5.52 Å². The number of hydrogen-bond acceptors (Lipinski definition) is 12. The molecular formula is C13H17N4O13P3. The second-order valence-electron chi connectivity index (χ2n) is 6.63. The van der Waals surface area contributed by atoms with Crippen LogP contribution in [-0.4, -0.2) is 64.3 Å². The van der Waals surface area contributed by atoms with Crippen molar-refractivity contribution in [1.82, 2.24) is 9.61 Å². The zero-order valence-electron chi connectivity index (χ0n) is 16.1. The molecule has 3 heterocycles. The molecule has 6 atom stereocenters. The second-order valence-corrected chi connectivity index (χ2v) is 11.0.